The molecule has 0 aliphatic heterocycles. The standard InChI is InChI=1S/C34H44N6O5S2/c1-23(2)21-40(47(44,45)26-15-16-27-30(18-26)46-33(35)39-27)22-29(41)28(17-24-11-7-5-8-12-24)38-32(43)19-36-31(42)20-37-34(3,4)25-13-9-6-10-14-25/h5-16,18,23,28-29,37,41H,17,19-22H2,1-4H3,(H2,35,39)(H,36,42)(H,38,43)/t28-,29+/m0/s1. The summed E-state index contributed by atoms with van der Waals surface area (Å²) in [5.41, 5.74) is 7.83. The third-order valence-electron chi connectivity index (χ3n) is 7.72. The van der Waals surface area contributed by atoms with Gasteiger partial charge < -0.3 is 21.5 Å². The molecule has 1 aromatic heterocycles. The number of hydrogen-bond donors (Lipinski definition) is 5. The number of hydrogen-bond acceptors (Lipinski definition) is 9. The molecule has 2 atom stereocenters. The van der Waals surface area contributed by atoms with E-state index in [-0.39, 0.29) is 49.3 Å². The molecule has 4 aromatic rings. The number of nitrogens with zero attached hydrogens (tertiary/aromatic N) is 2. The fourth-order valence-electron chi connectivity index (χ4n) is 5.15. The van der Waals surface area contributed by atoms with Crippen molar-refractivity contribution in [1.29, 1.82) is 0 Å². The number of nitrogens with two attached hydrogens (primary N) is 1. The van der Waals surface area contributed by atoms with E-state index < -0.39 is 33.6 Å². The maximum absolute atomic E-state index is 13.9. The van der Waals surface area contributed by atoms with Crippen molar-refractivity contribution in [3.8, 4) is 0 Å². The molecule has 0 bridgehead atoms. The highest BCUT2D eigenvalue weighted by Gasteiger charge is 2.32. The highest BCUT2D eigenvalue weighted by molar-refractivity contribution is 7.89. The number of amides is 2. The number of carbonyl (C=O) groups excluding carboxylic acids is 2. The van der Waals surface area contributed by atoms with E-state index in [1.807, 2.05) is 88.4 Å². The number of nitrogens with one attached hydrogen (secondary N) is 3. The summed E-state index contributed by atoms with van der Waals surface area (Å²) in [5.74, 6) is -0.914. The van der Waals surface area contributed by atoms with Gasteiger partial charge in [0.05, 0.1) is 40.3 Å². The molecule has 11 nitrogen and oxygen atoms in total. The molecule has 0 saturated carbocycles. The van der Waals surface area contributed by atoms with Gasteiger partial charge in [-0.1, -0.05) is 85.8 Å². The van der Waals surface area contributed by atoms with Crippen LogP contribution in [0.2, 0.25) is 0 Å². The lowest BCUT2D eigenvalue weighted by molar-refractivity contribution is -0.126. The molecule has 0 aliphatic rings. The van der Waals surface area contributed by atoms with Crippen molar-refractivity contribution >= 4 is 48.5 Å². The first kappa shape index (κ1) is 36.0. The summed E-state index contributed by atoms with van der Waals surface area (Å²) in [6.45, 7) is 7.29. The molecule has 2 amide bonds. The minimum Gasteiger partial charge on any atom is -0.390 e. The Morgan fingerprint density at radius 1 is 0.957 bits per heavy atom. The quantitative estimate of drug-likeness (QED) is 0.120. The number of aromatic nitrogens is 1. The highest BCUT2D eigenvalue weighted by atomic mass is 32.2. The van der Waals surface area contributed by atoms with Crippen molar-refractivity contribution in [2.45, 2.75) is 56.7 Å². The second-order valence-electron chi connectivity index (χ2n) is 12.4. The van der Waals surface area contributed by atoms with E-state index in [1.54, 1.807) is 12.1 Å². The average molecular weight is 681 g/mol. The first-order valence-corrected chi connectivity index (χ1v) is 17.7. The van der Waals surface area contributed by atoms with Crippen molar-refractivity contribution < 1.29 is 23.1 Å². The number of anilines is 1. The van der Waals surface area contributed by atoms with Gasteiger partial charge in [-0.05, 0) is 55.5 Å². The fourth-order valence-corrected chi connectivity index (χ4v) is 7.65. The lowest BCUT2D eigenvalue weighted by Gasteiger charge is -2.31. The number of thiazole rings is 1. The van der Waals surface area contributed by atoms with E-state index in [0.29, 0.717) is 15.3 Å². The summed E-state index contributed by atoms with van der Waals surface area (Å²) in [6, 6.07) is 22.8. The molecule has 0 saturated heterocycles. The molecule has 6 N–H and O–H groups in total. The van der Waals surface area contributed by atoms with Crippen LogP contribution in [-0.4, -0.2) is 73.0 Å². The minimum atomic E-state index is -4.03. The molecular formula is C34H44N6O5S2. The van der Waals surface area contributed by atoms with Crippen LogP contribution in [0, 0.1) is 5.92 Å². The van der Waals surface area contributed by atoms with Gasteiger partial charge in [-0.2, -0.15) is 4.31 Å². The number of rotatable bonds is 16. The Labute approximate surface area is 280 Å². The van der Waals surface area contributed by atoms with Crippen molar-refractivity contribution in [3.63, 3.8) is 0 Å². The lowest BCUT2D eigenvalue weighted by Crippen LogP contribution is -2.53. The number of carbonyl (C=O) groups is 2. The van der Waals surface area contributed by atoms with Crippen LogP contribution in [0.4, 0.5) is 5.13 Å². The number of nitrogen functional groups attached to an aromatic ring is 1. The van der Waals surface area contributed by atoms with Crippen molar-refractivity contribution in [3.05, 3.63) is 90.0 Å². The van der Waals surface area contributed by atoms with E-state index in [2.05, 4.69) is 20.9 Å². The van der Waals surface area contributed by atoms with Crippen LogP contribution in [0.15, 0.2) is 83.8 Å². The smallest absolute Gasteiger partial charge is 0.243 e. The minimum absolute atomic E-state index is 0.00676. The van der Waals surface area contributed by atoms with Crippen LogP contribution < -0.4 is 21.7 Å². The van der Waals surface area contributed by atoms with Gasteiger partial charge in [0.2, 0.25) is 21.8 Å². The normalized spacial score (nSPS) is 13.5. The Morgan fingerprint density at radius 3 is 2.28 bits per heavy atom. The van der Waals surface area contributed by atoms with Gasteiger partial charge in [0, 0.05) is 18.6 Å². The molecule has 252 valence electrons. The Kier molecular flexibility index (Phi) is 12.1. The molecule has 13 heteroatoms. The molecule has 0 radical (unpaired) electrons. The van der Waals surface area contributed by atoms with Gasteiger partial charge in [0.15, 0.2) is 5.13 Å². The molecule has 47 heavy (non-hydrogen) atoms. The fraction of sp³-hybridized carbons (Fsp3) is 0.382. The zero-order valence-corrected chi connectivity index (χ0v) is 28.8. The Balaban J connectivity index is 1.45. The Hall–Kier alpha value is -3.88. The van der Waals surface area contributed by atoms with Crippen LogP contribution in [0.25, 0.3) is 10.2 Å². The van der Waals surface area contributed by atoms with Gasteiger partial charge in [0.25, 0.3) is 0 Å². The predicted octanol–water partition coefficient (Wildman–Crippen LogP) is 3.25. The SMILES string of the molecule is CC(C)CN(C[C@@H](O)[C@H](Cc1ccccc1)NC(=O)CNC(=O)CNC(C)(C)c1ccccc1)S(=O)(=O)c1ccc2nc(N)sc2c1. The van der Waals surface area contributed by atoms with Crippen LogP contribution >= 0.6 is 11.3 Å². The largest absolute Gasteiger partial charge is 0.390 e. The first-order chi connectivity index (χ1) is 22.2. The number of aliphatic hydroxyl groups excluding tert-OH is 1. The third-order valence-corrected chi connectivity index (χ3v) is 10.4. The predicted molar refractivity (Wildman–Crippen MR) is 186 cm³/mol. The summed E-state index contributed by atoms with van der Waals surface area (Å²) >= 11 is 1.20. The Bertz CT molecular complexity index is 1750. The molecule has 0 aliphatic carbocycles. The number of sulfonamides is 1. The number of aliphatic hydroxyl groups is 1. The maximum atomic E-state index is 13.9. The van der Waals surface area contributed by atoms with Crippen molar-refractivity contribution in [2.24, 2.45) is 5.92 Å². The zero-order valence-electron chi connectivity index (χ0n) is 27.1. The molecule has 3 aromatic carbocycles. The number of fused-ring (bicyclic) bond motifs is 1. The summed E-state index contributed by atoms with van der Waals surface area (Å²) in [7, 11) is -4.03. The molecule has 0 unspecified atom stereocenters. The van der Waals surface area contributed by atoms with Crippen LogP contribution in [0.3, 0.4) is 0 Å². The highest BCUT2D eigenvalue weighted by Crippen LogP contribution is 2.28. The van der Waals surface area contributed by atoms with E-state index in [0.717, 1.165) is 11.1 Å². The molecular weight excluding hydrogens is 637 g/mol. The van der Waals surface area contributed by atoms with Gasteiger partial charge in [-0.3, -0.25) is 14.9 Å². The molecule has 4 rings (SSSR count). The molecule has 0 fully saturated rings. The molecule has 0 spiro atoms. The average Bonchev–Trinajstić information content (AvgIpc) is 3.42. The number of benzene rings is 3. The zero-order chi connectivity index (χ0) is 34.2. The van der Waals surface area contributed by atoms with Crippen LogP contribution in [0.1, 0.15) is 38.8 Å². The summed E-state index contributed by atoms with van der Waals surface area (Å²) in [6.07, 6.45) is -1.02. The molecule has 1 heterocycles. The van der Waals surface area contributed by atoms with Crippen LogP contribution in [-0.2, 0) is 31.6 Å². The first-order valence-electron chi connectivity index (χ1n) is 15.5. The topological polar surface area (TPSA) is 167 Å². The van der Waals surface area contributed by atoms with Crippen LogP contribution in [0.5, 0.6) is 0 Å². The summed E-state index contributed by atoms with van der Waals surface area (Å²) in [5, 5.41) is 20.5. The third kappa shape index (κ3) is 10.1. The van der Waals surface area contributed by atoms with E-state index in [4.69, 9.17) is 5.73 Å². The lowest BCUT2D eigenvalue weighted by atomic mass is 9.94. The van der Waals surface area contributed by atoms with E-state index >= 15 is 0 Å². The van der Waals surface area contributed by atoms with E-state index in [9.17, 15) is 23.1 Å². The van der Waals surface area contributed by atoms with Crippen molar-refractivity contribution in [1.82, 2.24) is 25.2 Å². The second kappa shape index (κ2) is 15.8. The van der Waals surface area contributed by atoms with Gasteiger partial charge in [-0.25, -0.2) is 13.4 Å². The monoisotopic (exact) mass is 680 g/mol. The maximum Gasteiger partial charge on any atom is 0.243 e. The van der Waals surface area contributed by atoms with E-state index in [1.165, 1.54) is 21.7 Å². The van der Waals surface area contributed by atoms with Crippen molar-refractivity contribution in [2.75, 3.05) is 31.9 Å². The van der Waals surface area contributed by atoms with Gasteiger partial charge in [0.1, 0.15) is 0 Å². The second-order valence-corrected chi connectivity index (χ2v) is 15.5. The summed E-state index contributed by atoms with van der Waals surface area (Å²) in [4.78, 5) is 30.0. The summed E-state index contributed by atoms with van der Waals surface area (Å²) < 4.78 is 29.7. The Morgan fingerprint density at radius 2 is 1.62 bits per heavy atom. The van der Waals surface area contributed by atoms with Gasteiger partial charge in [-0.15, -0.1) is 0 Å². The van der Waals surface area contributed by atoms with Gasteiger partial charge >= 0.3 is 0 Å².